The molecule has 0 fully saturated rings. The molecular formula is C48H30O. The predicted octanol–water partition coefficient (Wildman–Crippen LogP) is 13.7. The third-order valence-corrected chi connectivity index (χ3v) is 9.76. The SMILES string of the molecule is [2H]c1c([2H])c([2H])c(-c2ccc(-c3ccc(-c4c5ccccc5c(-c5ccc6oc7c8ccccc8ccc7c6c5)c5ccccc45)cc3)cc2)c([2H])c1[2H]. The quantitative estimate of drug-likeness (QED) is 0.177. The van der Waals surface area contributed by atoms with Crippen LogP contribution in [0.2, 0.25) is 0 Å². The van der Waals surface area contributed by atoms with Crippen LogP contribution in [0.1, 0.15) is 6.85 Å². The molecule has 0 aliphatic rings. The summed E-state index contributed by atoms with van der Waals surface area (Å²) < 4.78 is 47.3. The van der Waals surface area contributed by atoms with E-state index in [1.54, 1.807) is 0 Å². The average Bonchev–Trinajstić information content (AvgIpc) is 3.60. The van der Waals surface area contributed by atoms with Gasteiger partial charge in [0, 0.05) is 16.2 Å². The number of rotatable bonds is 4. The predicted molar refractivity (Wildman–Crippen MR) is 208 cm³/mol. The highest BCUT2D eigenvalue weighted by atomic mass is 16.3. The summed E-state index contributed by atoms with van der Waals surface area (Å²) in [6.07, 6.45) is 0. The molecule has 0 spiro atoms. The van der Waals surface area contributed by atoms with Crippen LogP contribution >= 0.6 is 0 Å². The Bertz CT molecular complexity index is 3060. The monoisotopic (exact) mass is 627 g/mol. The summed E-state index contributed by atoms with van der Waals surface area (Å²) in [5, 5.41) is 9.18. The molecule has 0 aliphatic heterocycles. The second-order valence-electron chi connectivity index (χ2n) is 12.5. The summed E-state index contributed by atoms with van der Waals surface area (Å²) in [6.45, 7) is 0. The van der Waals surface area contributed by atoms with E-state index in [4.69, 9.17) is 11.3 Å². The first-order valence-electron chi connectivity index (χ1n) is 18.9. The zero-order chi connectivity index (χ0) is 36.7. The summed E-state index contributed by atoms with van der Waals surface area (Å²) in [7, 11) is 0. The Hall–Kier alpha value is -6.44. The fraction of sp³-hybridized carbons (Fsp3) is 0. The van der Waals surface area contributed by atoms with Crippen molar-refractivity contribution in [3.8, 4) is 44.5 Å². The highest BCUT2D eigenvalue weighted by Crippen LogP contribution is 2.45. The van der Waals surface area contributed by atoms with Crippen LogP contribution in [0.4, 0.5) is 0 Å². The van der Waals surface area contributed by atoms with Gasteiger partial charge in [-0.15, -0.1) is 0 Å². The van der Waals surface area contributed by atoms with Gasteiger partial charge in [-0.25, -0.2) is 0 Å². The van der Waals surface area contributed by atoms with Crippen LogP contribution in [0.25, 0.3) is 98.8 Å². The van der Waals surface area contributed by atoms with E-state index in [0.717, 1.165) is 55.0 Å². The van der Waals surface area contributed by atoms with Gasteiger partial charge in [0.15, 0.2) is 0 Å². The fourth-order valence-electron chi connectivity index (χ4n) is 7.46. The van der Waals surface area contributed by atoms with Gasteiger partial charge in [-0.3, -0.25) is 0 Å². The lowest BCUT2D eigenvalue weighted by molar-refractivity contribution is 0.672. The standard InChI is InChI=1S/C48H30O/c1-2-10-31(11-3-1)32-18-20-33(21-19-32)34-22-24-36(25-23-34)46-39-14-6-8-16-41(39)47(42-17-9-7-15-40(42)46)37-27-29-45-44(30-37)43-28-26-35-12-4-5-13-38(35)48(43)49-45/h1-30H/i1D,2D,3D,10D,11D. The van der Waals surface area contributed by atoms with E-state index in [1.807, 2.05) is 24.3 Å². The first kappa shape index (κ1) is 23.0. The van der Waals surface area contributed by atoms with Crippen molar-refractivity contribution in [3.63, 3.8) is 0 Å². The summed E-state index contributed by atoms with van der Waals surface area (Å²) >= 11 is 0. The molecule has 228 valence electrons. The summed E-state index contributed by atoms with van der Waals surface area (Å²) in [5.41, 5.74) is 9.18. The van der Waals surface area contributed by atoms with Crippen LogP contribution in [0.3, 0.4) is 0 Å². The molecule has 0 N–H and O–H groups in total. The minimum atomic E-state index is -0.390. The zero-order valence-electron chi connectivity index (χ0n) is 31.3. The molecule has 0 saturated heterocycles. The Balaban J connectivity index is 1.08. The van der Waals surface area contributed by atoms with E-state index < -0.39 is 0 Å². The van der Waals surface area contributed by atoms with E-state index in [2.05, 4.69) is 127 Å². The van der Waals surface area contributed by atoms with Crippen molar-refractivity contribution in [1.82, 2.24) is 0 Å². The molecule has 10 rings (SSSR count). The Morgan fingerprint density at radius 3 is 1.45 bits per heavy atom. The van der Waals surface area contributed by atoms with Crippen LogP contribution in [0.5, 0.6) is 0 Å². The zero-order valence-corrected chi connectivity index (χ0v) is 26.3. The molecular weight excluding hydrogens is 593 g/mol. The molecule has 1 aromatic heterocycles. The Labute approximate surface area is 291 Å². The van der Waals surface area contributed by atoms with Gasteiger partial charge >= 0.3 is 0 Å². The molecule has 10 aromatic rings. The Morgan fingerprint density at radius 2 is 0.837 bits per heavy atom. The molecule has 0 saturated carbocycles. The van der Waals surface area contributed by atoms with Crippen LogP contribution < -0.4 is 0 Å². The smallest absolute Gasteiger partial charge is 0.143 e. The number of benzene rings is 9. The molecule has 0 bridgehead atoms. The molecule has 0 atom stereocenters. The Morgan fingerprint density at radius 1 is 0.347 bits per heavy atom. The number of hydrogen-bond acceptors (Lipinski definition) is 1. The van der Waals surface area contributed by atoms with Crippen LogP contribution in [-0.4, -0.2) is 0 Å². The topological polar surface area (TPSA) is 13.1 Å². The van der Waals surface area contributed by atoms with E-state index in [1.165, 1.54) is 32.7 Å². The van der Waals surface area contributed by atoms with Crippen molar-refractivity contribution in [2.75, 3.05) is 0 Å². The summed E-state index contributed by atoms with van der Waals surface area (Å²) in [6, 6.07) is 51.2. The molecule has 9 aromatic carbocycles. The minimum Gasteiger partial charge on any atom is -0.455 e. The van der Waals surface area contributed by atoms with Crippen molar-refractivity contribution in [2.45, 2.75) is 0 Å². The van der Waals surface area contributed by atoms with Gasteiger partial charge in [0.05, 0.1) is 6.85 Å². The van der Waals surface area contributed by atoms with E-state index in [-0.39, 0.29) is 35.8 Å². The third-order valence-electron chi connectivity index (χ3n) is 9.76. The van der Waals surface area contributed by atoms with Gasteiger partial charge in [-0.2, -0.15) is 0 Å². The fourth-order valence-corrected chi connectivity index (χ4v) is 7.46. The number of hydrogen-bond donors (Lipinski definition) is 0. The van der Waals surface area contributed by atoms with Crippen molar-refractivity contribution < 1.29 is 11.3 Å². The Kier molecular flexibility index (Phi) is 5.20. The summed E-state index contributed by atoms with van der Waals surface area (Å²) in [4.78, 5) is 0. The number of furan rings is 1. The highest BCUT2D eigenvalue weighted by molar-refractivity contribution is 6.22. The van der Waals surface area contributed by atoms with Crippen LogP contribution in [0, 0.1) is 0 Å². The van der Waals surface area contributed by atoms with Gasteiger partial charge in [0.1, 0.15) is 11.2 Å². The molecule has 0 aliphatic carbocycles. The molecule has 1 nitrogen and oxygen atoms in total. The first-order valence-corrected chi connectivity index (χ1v) is 16.4. The third kappa shape index (κ3) is 4.47. The molecule has 1 heterocycles. The largest absolute Gasteiger partial charge is 0.455 e. The van der Waals surface area contributed by atoms with Gasteiger partial charge in [-0.05, 0) is 89.6 Å². The molecule has 0 amide bonds. The van der Waals surface area contributed by atoms with E-state index in [0.29, 0.717) is 5.56 Å². The van der Waals surface area contributed by atoms with Crippen molar-refractivity contribution in [2.24, 2.45) is 0 Å². The lowest BCUT2D eigenvalue weighted by Crippen LogP contribution is -1.91. The van der Waals surface area contributed by atoms with Gasteiger partial charge in [0.2, 0.25) is 0 Å². The van der Waals surface area contributed by atoms with Crippen LogP contribution in [0.15, 0.2) is 186 Å². The second kappa shape index (κ2) is 11.1. The van der Waals surface area contributed by atoms with Crippen molar-refractivity contribution in [3.05, 3.63) is 182 Å². The van der Waals surface area contributed by atoms with E-state index in [9.17, 15) is 0 Å². The van der Waals surface area contributed by atoms with Crippen molar-refractivity contribution >= 4 is 54.3 Å². The van der Waals surface area contributed by atoms with Gasteiger partial charge in [-0.1, -0.05) is 164 Å². The summed E-state index contributed by atoms with van der Waals surface area (Å²) in [5.74, 6) is 0. The molecule has 1 heteroatoms. The molecule has 49 heavy (non-hydrogen) atoms. The maximum atomic E-state index is 8.37. The minimum absolute atomic E-state index is 0.201. The lowest BCUT2D eigenvalue weighted by Gasteiger charge is -2.18. The van der Waals surface area contributed by atoms with Crippen LogP contribution in [-0.2, 0) is 0 Å². The first-order chi connectivity index (χ1) is 26.4. The second-order valence-corrected chi connectivity index (χ2v) is 12.5. The van der Waals surface area contributed by atoms with Crippen molar-refractivity contribution in [1.29, 1.82) is 0 Å². The van der Waals surface area contributed by atoms with Gasteiger partial charge < -0.3 is 4.42 Å². The average molecular weight is 628 g/mol. The lowest BCUT2D eigenvalue weighted by atomic mass is 9.85. The normalized spacial score (nSPS) is 13.1. The van der Waals surface area contributed by atoms with Gasteiger partial charge in [0.25, 0.3) is 0 Å². The maximum absolute atomic E-state index is 8.37. The number of fused-ring (bicyclic) bond motifs is 7. The molecule has 0 radical (unpaired) electrons. The maximum Gasteiger partial charge on any atom is 0.143 e. The highest BCUT2D eigenvalue weighted by Gasteiger charge is 2.18. The molecule has 0 unspecified atom stereocenters. The van der Waals surface area contributed by atoms with E-state index >= 15 is 0 Å².